The number of carbonyl (C=O) groups excluding carboxylic acids is 1. The SMILES string of the molecule is CCCC(N)C(=O)N1CCC(N2CCCC2C)CC1.Cl. The normalized spacial score (nSPS) is 26.4. The van der Waals surface area contributed by atoms with E-state index in [2.05, 4.69) is 18.7 Å². The molecule has 2 unspecified atom stereocenters. The fourth-order valence-corrected chi connectivity index (χ4v) is 3.58. The molecule has 4 nitrogen and oxygen atoms in total. The van der Waals surface area contributed by atoms with Crippen LogP contribution in [-0.2, 0) is 4.79 Å². The highest BCUT2D eigenvalue weighted by Crippen LogP contribution is 2.25. The summed E-state index contributed by atoms with van der Waals surface area (Å²) in [6.07, 6.45) is 6.70. The summed E-state index contributed by atoms with van der Waals surface area (Å²) < 4.78 is 0. The quantitative estimate of drug-likeness (QED) is 0.864. The van der Waals surface area contributed by atoms with Gasteiger partial charge in [-0.25, -0.2) is 0 Å². The monoisotopic (exact) mass is 303 g/mol. The van der Waals surface area contributed by atoms with E-state index in [0.717, 1.165) is 44.8 Å². The molecule has 0 spiro atoms. The van der Waals surface area contributed by atoms with Gasteiger partial charge in [-0.1, -0.05) is 13.3 Å². The van der Waals surface area contributed by atoms with E-state index in [4.69, 9.17) is 5.73 Å². The van der Waals surface area contributed by atoms with Crippen LogP contribution in [0.4, 0.5) is 0 Å². The summed E-state index contributed by atoms with van der Waals surface area (Å²) in [4.78, 5) is 16.8. The lowest BCUT2D eigenvalue weighted by atomic mass is 10.0. The maximum absolute atomic E-state index is 12.2. The average Bonchev–Trinajstić information content (AvgIpc) is 2.84. The molecule has 2 N–H and O–H groups in total. The molecule has 0 bridgehead atoms. The Hall–Kier alpha value is -0.320. The minimum atomic E-state index is -0.285. The molecule has 5 heteroatoms. The summed E-state index contributed by atoms with van der Waals surface area (Å²) in [5.41, 5.74) is 5.94. The molecular weight excluding hydrogens is 274 g/mol. The molecule has 2 heterocycles. The van der Waals surface area contributed by atoms with Gasteiger partial charge in [-0.3, -0.25) is 9.69 Å². The Bertz CT molecular complexity index is 305. The molecule has 0 aliphatic carbocycles. The molecule has 0 radical (unpaired) electrons. The van der Waals surface area contributed by atoms with Crippen molar-refractivity contribution < 1.29 is 4.79 Å². The Morgan fingerprint density at radius 2 is 1.90 bits per heavy atom. The van der Waals surface area contributed by atoms with E-state index in [1.165, 1.54) is 19.4 Å². The molecule has 2 fully saturated rings. The van der Waals surface area contributed by atoms with Crippen molar-refractivity contribution >= 4 is 18.3 Å². The molecule has 118 valence electrons. The molecule has 2 rings (SSSR count). The van der Waals surface area contributed by atoms with Gasteiger partial charge in [0.15, 0.2) is 0 Å². The van der Waals surface area contributed by atoms with E-state index in [9.17, 15) is 4.79 Å². The summed E-state index contributed by atoms with van der Waals surface area (Å²) in [5.74, 6) is 0.162. The molecular formula is C15H30ClN3O. The first-order valence-electron chi connectivity index (χ1n) is 7.93. The van der Waals surface area contributed by atoms with E-state index in [-0.39, 0.29) is 24.4 Å². The lowest BCUT2D eigenvalue weighted by Gasteiger charge is -2.39. The summed E-state index contributed by atoms with van der Waals surface area (Å²) in [6, 6.07) is 1.13. The standard InChI is InChI=1S/C15H29N3O.ClH/c1-3-5-14(16)15(19)17-10-7-13(8-11-17)18-9-4-6-12(18)2;/h12-14H,3-11,16H2,1-2H3;1H. The largest absolute Gasteiger partial charge is 0.341 e. The maximum Gasteiger partial charge on any atom is 0.239 e. The zero-order chi connectivity index (χ0) is 13.8. The second-order valence-corrected chi connectivity index (χ2v) is 6.18. The topological polar surface area (TPSA) is 49.6 Å². The van der Waals surface area contributed by atoms with Crippen LogP contribution < -0.4 is 5.73 Å². The number of hydrogen-bond acceptors (Lipinski definition) is 3. The van der Waals surface area contributed by atoms with Crippen LogP contribution in [0.3, 0.4) is 0 Å². The first-order chi connectivity index (χ1) is 9.13. The van der Waals surface area contributed by atoms with Gasteiger partial charge in [-0.15, -0.1) is 12.4 Å². The van der Waals surface area contributed by atoms with E-state index in [0.29, 0.717) is 6.04 Å². The highest BCUT2D eigenvalue weighted by atomic mass is 35.5. The zero-order valence-corrected chi connectivity index (χ0v) is 13.7. The van der Waals surface area contributed by atoms with Gasteiger partial charge in [0, 0.05) is 25.2 Å². The molecule has 2 aliphatic heterocycles. The van der Waals surface area contributed by atoms with Crippen LogP contribution >= 0.6 is 12.4 Å². The number of halogens is 1. The van der Waals surface area contributed by atoms with Crippen LogP contribution in [0.15, 0.2) is 0 Å². The number of likely N-dealkylation sites (tertiary alicyclic amines) is 2. The Morgan fingerprint density at radius 1 is 1.25 bits per heavy atom. The van der Waals surface area contributed by atoms with Crippen LogP contribution in [0.25, 0.3) is 0 Å². The van der Waals surface area contributed by atoms with Crippen molar-refractivity contribution in [1.29, 1.82) is 0 Å². The molecule has 0 aromatic carbocycles. The Morgan fingerprint density at radius 3 is 2.40 bits per heavy atom. The molecule has 2 saturated heterocycles. The Balaban J connectivity index is 0.00000200. The van der Waals surface area contributed by atoms with Gasteiger partial charge < -0.3 is 10.6 Å². The van der Waals surface area contributed by atoms with Crippen LogP contribution in [0.1, 0.15) is 52.4 Å². The predicted molar refractivity (Wildman–Crippen MR) is 85.1 cm³/mol. The first kappa shape index (κ1) is 17.7. The molecule has 1 amide bonds. The van der Waals surface area contributed by atoms with E-state index in [1.54, 1.807) is 0 Å². The number of hydrogen-bond donors (Lipinski definition) is 1. The number of piperidine rings is 1. The molecule has 2 aliphatic rings. The van der Waals surface area contributed by atoms with Crippen LogP contribution in [0.2, 0.25) is 0 Å². The fourth-order valence-electron chi connectivity index (χ4n) is 3.58. The first-order valence-corrected chi connectivity index (χ1v) is 7.93. The van der Waals surface area contributed by atoms with Gasteiger partial charge in [0.25, 0.3) is 0 Å². The summed E-state index contributed by atoms with van der Waals surface area (Å²) in [7, 11) is 0. The molecule has 0 aromatic heterocycles. The average molecular weight is 304 g/mol. The van der Waals surface area contributed by atoms with Crippen LogP contribution in [-0.4, -0.2) is 53.5 Å². The predicted octanol–water partition coefficient (Wildman–Crippen LogP) is 2.01. The highest BCUT2D eigenvalue weighted by Gasteiger charge is 2.32. The van der Waals surface area contributed by atoms with Crippen LogP contribution in [0, 0.1) is 0 Å². The summed E-state index contributed by atoms with van der Waals surface area (Å²) in [6.45, 7) is 7.44. The molecule has 0 saturated carbocycles. The van der Waals surface area contributed by atoms with Crippen molar-refractivity contribution in [3.8, 4) is 0 Å². The third-order valence-electron chi connectivity index (χ3n) is 4.77. The van der Waals surface area contributed by atoms with Crippen molar-refractivity contribution in [3.63, 3.8) is 0 Å². The van der Waals surface area contributed by atoms with E-state index in [1.807, 2.05) is 4.90 Å². The molecule has 20 heavy (non-hydrogen) atoms. The minimum absolute atomic E-state index is 0. The number of nitrogens with two attached hydrogens (primary N) is 1. The number of amides is 1. The second-order valence-electron chi connectivity index (χ2n) is 6.18. The Kier molecular flexibility index (Phi) is 7.27. The molecule has 0 aromatic rings. The van der Waals surface area contributed by atoms with Crippen molar-refractivity contribution in [2.45, 2.75) is 70.5 Å². The van der Waals surface area contributed by atoms with Crippen molar-refractivity contribution in [3.05, 3.63) is 0 Å². The maximum atomic E-state index is 12.2. The minimum Gasteiger partial charge on any atom is -0.341 e. The third-order valence-corrected chi connectivity index (χ3v) is 4.77. The van der Waals surface area contributed by atoms with Crippen molar-refractivity contribution in [1.82, 2.24) is 9.80 Å². The van der Waals surface area contributed by atoms with E-state index >= 15 is 0 Å². The lowest BCUT2D eigenvalue weighted by molar-refractivity contribution is -0.134. The van der Waals surface area contributed by atoms with Gasteiger partial charge in [0.1, 0.15) is 0 Å². The van der Waals surface area contributed by atoms with Crippen molar-refractivity contribution in [2.24, 2.45) is 5.73 Å². The number of carbonyl (C=O) groups is 1. The lowest BCUT2D eigenvalue weighted by Crippen LogP contribution is -2.51. The number of nitrogens with zero attached hydrogens (tertiary/aromatic N) is 2. The Labute approximate surface area is 129 Å². The smallest absolute Gasteiger partial charge is 0.239 e. The second kappa shape index (κ2) is 8.20. The van der Waals surface area contributed by atoms with E-state index < -0.39 is 0 Å². The summed E-state index contributed by atoms with van der Waals surface area (Å²) in [5, 5.41) is 0. The summed E-state index contributed by atoms with van der Waals surface area (Å²) >= 11 is 0. The highest BCUT2D eigenvalue weighted by molar-refractivity contribution is 5.85. The van der Waals surface area contributed by atoms with Crippen LogP contribution in [0.5, 0.6) is 0 Å². The number of rotatable bonds is 4. The fraction of sp³-hybridized carbons (Fsp3) is 0.933. The van der Waals surface area contributed by atoms with Gasteiger partial charge in [-0.05, 0) is 45.6 Å². The van der Waals surface area contributed by atoms with Gasteiger partial charge in [-0.2, -0.15) is 0 Å². The van der Waals surface area contributed by atoms with Gasteiger partial charge in [0.05, 0.1) is 6.04 Å². The zero-order valence-electron chi connectivity index (χ0n) is 12.9. The van der Waals surface area contributed by atoms with Crippen molar-refractivity contribution in [2.75, 3.05) is 19.6 Å². The third kappa shape index (κ3) is 4.09. The molecule has 2 atom stereocenters. The van der Waals surface area contributed by atoms with Gasteiger partial charge in [0.2, 0.25) is 5.91 Å². The van der Waals surface area contributed by atoms with Gasteiger partial charge >= 0.3 is 0 Å².